The molecule has 2 fully saturated rings. The molecule has 3 nitrogen and oxygen atoms in total. The zero-order valence-corrected chi connectivity index (χ0v) is 10.2. The SMILES string of the molecule is CC1(C)[C@H]2CC[C@]1(C)C1=NNC(=S)N[C@H]12. The first-order valence-electron chi connectivity index (χ1n) is 5.61. The first-order valence-corrected chi connectivity index (χ1v) is 6.02. The van der Waals surface area contributed by atoms with Gasteiger partial charge in [-0.05, 0) is 36.4 Å². The Morgan fingerprint density at radius 2 is 2.13 bits per heavy atom. The zero-order chi connectivity index (χ0) is 10.8. The fraction of sp³-hybridized carbons (Fsp3) is 0.818. The third kappa shape index (κ3) is 0.917. The summed E-state index contributed by atoms with van der Waals surface area (Å²) in [7, 11) is 0. The van der Waals surface area contributed by atoms with Crippen LogP contribution in [0.1, 0.15) is 33.6 Å². The lowest BCUT2D eigenvalue weighted by Crippen LogP contribution is -2.53. The molecule has 2 N–H and O–H groups in total. The van der Waals surface area contributed by atoms with Crippen LogP contribution in [0.25, 0.3) is 0 Å². The van der Waals surface area contributed by atoms with Crippen LogP contribution in [0.4, 0.5) is 0 Å². The van der Waals surface area contributed by atoms with Crippen LogP contribution in [-0.2, 0) is 0 Å². The van der Waals surface area contributed by atoms with E-state index in [4.69, 9.17) is 12.2 Å². The van der Waals surface area contributed by atoms with E-state index in [0.717, 1.165) is 0 Å². The fourth-order valence-electron chi connectivity index (χ4n) is 3.76. The van der Waals surface area contributed by atoms with E-state index in [0.29, 0.717) is 22.5 Å². The van der Waals surface area contributed by atoms with Crippen molar-refractivity contribution in [1.29, 1.82) is 0 Å². The van der Waals surface area contributed by atoms with E-state index in [1.54, 1.807) is 0 Å². The summed E-state index contributed by atoms with van der Waals surface area (Å²) < 4.78 is 0. The van der Waals surface area contributed by atoms with Crippen molar-refractivity contribution >= 4 is 23.0 Å². The Kier molecular flexibility index (Phi) is 1.62. The summed E-state index contributed by atoms with van der Waals surface area (Å²) >= 11 is 5.13. The molecule has 2 saturated carbocycles. The third-order valence-corrected chi connectivity index (χ3v) is 5.34. The maximum Gasteiger partial charge on any atom is 0.187 e. The van der Waals surface area contributed by atoms with Crippen LogP contribution < -0.4 is 10.7 Å². The van der Waals surface area contributed by atoms with Crippen molar-refractivity contribution in [2.75, 3.05) is 0 Å². The van der Waals surface area contributed by atoms with Crippen LogP contribution in [0, 0.1) is 16.7 Å². The Morgan fingerprint density at radius 3 is 2.87 bits per heavy atom. The summed E-state index contributed by atoms with van der Waals surface area (Å²) in [5, 5.41) is 8.54. The number of thiocarbonyl (C=S) groups is 1. The predicted molar refractivity (Wildman–Crippen MR) is 64.7 cm³/mol. The quantitative estimate of drug-likeness (QED) is 0.613. The minimum Gasteiger partial charge on any atom is -0.353 e. The molecule has 0 saturated heterocycles. The fourth-order valence-corrected chi connectivity index (χ4v) is 3.93. The Balaban J connectivity index is 2.12. The minimum absolute atomic E-state index is 0.248. The largest absolute Gasteiger partial charge is 0.353 e. The molecule has 2 aliphatic carbocycles. The molecule has 0 spiro atoms. The van der Waals surface area contributed by atoms with Gasteiger partial charge in [-0.3, -0.25) is 5.43 Å². The molecule has 4 heteroatoms. The van der Waals surface area contributed by atoms with Gasteiger partial charge in [0.25, 0.3) is 0 Å². The lowest BCUT2D eigenvalue weighted by molar-refractivity contribution is 0.187. The summed E-state index contributed by atoms with van der Waals surface area (Å²) in [6, 6.07) is 0.382. The Hall–Kier alpha value is -0.640. The molecule has 3 atom stereocenters. The molecule has 0 amide bonds. The molecular formula is C11H17N3S. The molecule has 0 aromatic rings. The first kappa shape index (κ1) is 9.58. The number of fused-ring (bicyclic) bond motifs is 5. The van der Waals surface area contributed by atoms with Gasteiger partial charge < -0.3 is 5.32 Å². The highest BCUT2D eigenvalue weighted by Crippen LogP contribution is 2.64. The molecule has 1 heterocycles. The van der Waals surface area contributed by atoms with E-state index in [-0.39, 0.29) is 5.41 Å². The van der Waals surface area contributed by atoms with Crippen molar-refractivity contribution < 1.29 is 0 Å². The van der Waals surface area contributed by atoms with Crippen LogP contribution in [0.5, 0.6) is 0 Å². The number of hydrogen-bond donors (Lipinski definition) is 2. The number of rotatable bonds is 0. The minimum atomic E-state index is 0.248. The maximum atomic E-state index is 5.13. The van der Waals surface area contributed by atoms with E-state index in [2.05, 4.69) is 36.6 Å². The highest BCUT2D eigenvalue weighted by atomic mass is 32.1. The lowest BCUT2D eigenvalue weighted by atomic mass is 9.70. The molecule has 0 aromatic carbocycles. The Morgan fingerprint density at radius 1 is 1.40 bits per heavy atom. The van der Waals surface area contributed by atoms with Gasteiger partial charge >= 0.3 is 0 Å². The van der Waals surface area contributed by atoms with Crippen molar-refractivity contribution in [3.05, 3.63) is 0 Å². The van der Waals surface area contributed by atoms with Gasteiger partial charge in [-0.1, -0.05) is 20.8 Å². The van der Waals surface area contributed by atoms with Gasteiger partial charge in [0.05, 0.1) is 11.8 Å². The van der Waals surface area contributed by atoms with E-state index >= 15 is 0 Å². The average Bonchev–Trinajstić information content (AvgIpc) is 2.47. The summed E-state index contributed by atoms with van der Waals surface area (Å²) in [5.41, 5.74) is 4.79. The first-order chi connectivity index (χ1) is 6.97. The second-order valence-corrected chi connectivity index (χ2v) is 6.17. The van der Waals surface area contributed by atoms with E-state index in [1.807, 2.05) is 0 Å². The number of nitrogens with one attached hydrogen (secondary N) is 2. The van der Waals surface area contributed by atoms with Gasteiger partial charge in [-0.2, -0.15) is 5.10 Å². The standard InChI is InChI=1S/C11H17N3S/c1-10(2)6-4-5-11(10,3)8-7(6)12-9(15)14-13-8/h6-7H,4-5H2,1-3H3,(H2,12,14,15)/t6-,7-,11+/m0/s1. The Labute approximate surface area is 95.7 Å². The van der Waals surface area contributed by atoms with E-state index in [9.17, 15) is 0 Å². The van der Waals surface area contributed by atoms with Crippen LogP contribution in [0.2, 0.25) is 0 Å². The maximum absolute atomic E-state index is 5.13. The van der Waals surface area contributed by atoms with Crippen LogP contribution >= 0.6 is 12.2 Å². The molecule has 1 aliphatic heterocycles. The predicted octanol–water partition coefficient (Wildman–Crippen LogP) is 1.64. The van der Waals surface area contributed by atoms with Gasteiger partial charge in [0.2, 0.25) is 0 Å². The normalized spacial score (nSPS) is 45.5. The molecule has 3 aliphatic rings. The smallest absolute Gasteiger partial charge is 0.187 e. The molecule has 2 bridgehead atoms. The van der Waals surface area contributed by atoms with Crippen LogP contribution in [0.15, 0.2) is 5.10 Å². The summed E-state index contributed by atoms with van der Waals surface area (Å²) in [6.07, 6.45) is 2.55. The summed E-state index contributed by atoms with van der Waals surface area (Å²) in [5.74, 6) is 0.682. The lowest BCUT2D eigenvalue weighted by Gasteiger charge is -2.35. The molecular weight excluding hydrogens is 206 g/mol. The zero-order valence-electron chi connectivity index (χ0n) is 9.42. The van der Waals surface area contributed by atoms with Gasteiger partial charge in [0, 0.05) is 5.41 Å². The molecule has 82 valence electrons. The molecule has 3 rings (SSSR count). The topological polar surface area (TPSA) is 36.4 Å². The van der Waals surface area contributed by atoms with E-state index in [1.165, 1.54) is 18.6 Å². The third-order valence-electron chi connectivity index (χ3n) is 5.13. The number of hydrogen-bond acceptors (Lipinski definition) is 2. The van der Waals surface area contributed by atoms with Crippen molar-refractivity contribution in [3.8, 4) is 0 Å². The number of nitrogens with zero attached hydrogens (tertiary/aromatic N) is 1. The highest BCUT2D eigenvalue weighted by molar-refractivity contribution is 7.80. The average molecular weight is 223 g/mol. The van der Waals surface area contributed by atoms with Gasteiger partial charge in [-0.25, -0.2) is 0 Å². The van der Waals surface area contributed by atoms with Gasteiger partial charge in [-0.15, -0.1) is 0 Å². The molecule has 0 radical (unpaired) electrons. The summed E-state index contributed by atoms with van der Waals surface area (Å²) in [4.78, 5) is 0. The Bertz CT molecular complexity index is 374. The van der Waals surface area contributed by atoms with Gasteiger partial charge in [0.1, 0.15) is 0 Å². The van der Waals surface area contributed by atoms with E-state index < -0.39 is 0 Å². The van der Waals surface area contributed by atoms with Crippen molar-refractivity contribution in [2.24, 2.45) is 21.8 Å². The van der Waals surface area contributed by atoms with Gasteiger partial charge in [0.15, 0.2) is 5.11 Å². The molecule has 15 heavy (non-hydrogen) atoms. The van der Waals surface area contributed by atoms with Crippen molar-refractivity contribution in [1.82, 2.24) is 10.7 Å². The second-order valence-electron chi connectivity index (χ2n) is 5.76. The molecule has 0 unspecified atom stereocenters. The number of hydrazone groups is 1. The van der Waals surface area contributed by atoms with Crippen LogP contribution in [-0.4, -0.2) is 16.9 Å². The van der Waals surface area contributed by atoms with Crippen molar-refractivity contribution in [2.45, 2.75) is 39.7 Å². The van der Waals surface area contributed by atoms with Crippen LogP contribution in [0.3, 0.4) is 0 Å². The second kappa shape index (κ2) is 2.54. The molecule has 0 aromatic heterocycles. The highest BCUT2D eigenvalue weighted by Gasteiger charge is 2.65. The summed E-state index contributed by atoms with van der Waals surface area (Å²) in [6.45, 7) is 7.09. The monoisotopic (exact) mass is 223 g/mol. The van der Waals surface area contributed by atoms with Crippen molar-refractivity contribution in [3.63, 3.8) is 0 Å².